The van der Waals surface area contributed by atoms with Crippen molar-refractivity contribution in [2.45, 2.75) is 0 Å². The van der Waals surface area contributed by atoms with Gasteiger partial charge in [-0.1, -0.05) is 10.3 Å². The van der Waals surface area contributed by atoms with Crippen LogP contribution in [0.15, 0.2) is 15.7 Å². The minimum atomic E-state index is 0.315. The minimum absolute atomic E-state index is 0.315. The molecule has 0 atom stereocenters. The molecule has 0 saturated heterocycles. The average Bonchev–Trinajstić information content (AvgIpc) is 2.37. The van der Waals surface area contributed by atoms with Crippen LogP contribution >= 0.6 is 0 Å². The van der Waals surface area contributed by atoms with Gasteiger partial charge in [0.25, 0.3) is 0 Å². The van der Waals surface area contributed by atoms with Crippen molar-refractivity contribution in [2.75, 3.05) is 0 Å². The van der Waals surface area contributed by atoms with Crippen molar-refractivity contribution in [1.29, 1.82) is 0 Å². The van der Waals surface area contributed by atoms with Crippen molar-refractivity contribution in [3.63, 3.8) is 0 Å². The van der Waals surface area contributed by atoms with Crippen molar-refractivity contribution in [3.05, 3.63) is 17.5 Å². The molecule has 0 aliphatic heterocycles. The zero-order chi connectivity index (χ0) is 7.40. The third-order valence-corrected chi connectivity index (χ3v) is 0.861. The summed E-state index contributed by atoms with van der Waals surface area (Å²) in [4.78, 5) is 0. The SMILES string of the molecule is C#Cc1cc(/C=N/O)no1. The Balaban J connectivity index is 2.91. The molecule has 0 spiro atoms. The van der Waals surface area contributed by atoms with Crippen LogP contribution in [0.5, 0.6) is 0 Å². The molecule has 1 N–H and O–H groups in total. The Kier molecular flexibility index (Phi) is 1.71. The predicted octanol–water partition coefficient (Wildman–Crippen LogP) is 0.464. The highest BCUT2D eigenvalue weighted by Crippen LogP contribution is 1.97. The van der Waals surface area contributed by atoms with E-state index in [1.54, 1.807) is 0 Å². The molecule has 10 heavy (non-hydrogen) atoms. The second-order valence-electron chi connectivity index (χ2n) is 1.50. The van der Waals surface area contributed by atoms with Crippen LogP contribution in [0.25, 0.3) is 0 Å². The van der Waals surface area contributed by atoms with Crippen molar-refractivity contribution < 1.29 is 9.73 Å². The van der Waals surface area contributed by atoms with Gasteiger partial charge in [0.05, 0.1) is 6.21 Å². The molecule has 1 aromatic heterocycles. The van der Waals surface area contributed by atoms with Gasteiger partial charge in [-0.25, -0.2) is 0 Å². The van der Waals surface area contributed by atoms with Crippen LogP contribution in [0.3, 0.4) is 0 Å². The highest BCUT2D eigenvalue weighted by molar-refractivity contribution is 5.76. The van der Waals surface area contributed by atoms with Crippen LogP contribution in [0.2, 0.25) is 0 Å². The van der Waals surface area contributed by atoms with Gasteiger partial charge in [0.1, 0.15) is 5.69 Å². The molecular formula is C6H4N2O2. The molecule has 0 aliphatic rings. The summed E-state index contributed by atoms with van der Waals surface area (Å²) in [6.07, 6.45) is 6.10. The molecule has 1 aromatic rings. The monoisotopic (exact) mass is 136 g/mol. The van der Waals surface area contributed by atoms with Crippen molar-refractivity contribution in [2.24, 2.45) is 5.16 Å². The van der Waals surface area contributed by atoms with Gasteiger partial charge in [-0.05, 0) is 5.92 Å². The van der Waals surface area contributed by atoms with Gasteiger partial charge in [0.15, 0.2) is 0 Å². The summed E-state index contributed by atoms with van der Waals surface area (Å²) in [6, 6.07) is 1.49. The molecule has 0 saturated carbocycles. The van der Waals surface area contributed by atoms with E-state index in [0.29, 0.717) is 11.5 Å². The van der Waals surface area contributed by atoms with Crippen LogP contribution in [-0.2, 0) is 0 Å². The zero-order valence-corrected chi connectivity index (χ0v) is 4.98. The fourth-order valence-electron chi connectivity index (χ4n) is 0.477. The topological polar surface area (TPSA) is 58.6 Å². The van der Waals surface area contributed by atoms with E-state index in [1.807, 2.05) is 0 Å². The van der Waals surface area contributed by atoms with Gasteiger partial charge in [0, 0.05) is 6.07 Å². The lowest BCUT2D eigenvalue weighted by atomic mass is 10.4. The van der Waals surface area contributed by atoms with Crippen molar-refractivity contribution >= 4 is 6.21 Å². The summed E-state index contributed by atoms with van der Waals surface area (Å²) in [5, 5.41) is 14.2. The molecule has 0 bridgehead atoms. The number of oxime groups is 1. The Labute approximate surface area is 57.1 Å². The average molecular weight is 136 g/mol. The van der Waals surface area contributed by atoms with E-state index in [2.05, 4.69) is 20.8 Å². The molecule has 1 heterocycles. The summed E-state index contributed by atoms with van der Waals surface area (Å²) in [5.74, 6) is 2.55. The van der Waals surface area contributed by atoms with Gasteiger partial charge >= 0.3 is 0 Å². The number of hydrogen-bond donors (Lipinski definition) is 1. The largest absolute Gasteiger partial charge is 0.411 e. The Morgan fingerprint density at radius 2 is 2.70 bits per heavy atom. The van der Waals surface area contributed by atoms with E-state index in [4.69, 9.17) is 11.6 Å². The van der Waals surface area contributed by atoms with Gasteiger partial charge < -0.3 is 9.73 Å². The maximum Gasteiger partial charge on any atom is 0.210 e. The first-order valence-electron chi connectivity index (χ1n) is 2.47. The van der Waals surface area contributed by atoms with Crippen LogP contribution in [0, 0.1) is 12.3 Å². The molecule has 50 valence electrons. The fraction of sp³-hybridized carbons (Fsp3) is 0. The maximum absolute atomic E-state index is 8.04. The number of rotatable bonds is 1. The molecule has 0 aromatic carbocycles. The number of hydrogen-bond acceptors (Lipinski definition) is 4. The lowest BCUT2D eigenvalue weighted by Gasteiger charge is -1.70. The first kappa shape index (κ1) is 6.36. The number of aromatic nitrogens is 1. The van der Waals surface area contributed by atoms with Gasteiger partial charge in [-0.15, -0.1) is 6.42 Å². The normalized spacial score (nSPS) is 9.90. The van der Waals surface area contributed by atoms with Gasteiger partial charge in [0.2, 0.25) is 5.76 Å². The Bertz CT molecular complexity index is 282. The lowest BCUT2D eigenvalue weighted by molar-refractivity contribution is 0.321. The van der Waals surface area contributed by atoms with E-state index in [1.165, 1.54) is 6.07 Å². The summed E-state index contributed by atoms with van der Waals surface area (Å²) >= 11 is 0. The van der Waals surface area contributed by atoms with Crippen LogP contribution in [-0.4, -0.2) is 16.6 Å². The van der Waals surface area contributed by atoms with Crippen molar-refractivity contribution in [3.8, 4) is 12.3 Å². The standard InChI is InChI=1S/C6H4N2O2/c1-2-6-3-5(4-7-9)8-10-6/h1,3-4,9H/b7-4+. The number of terminal acetylenes is 1. The molecule has 0 amide bonds. The first-order chi connectivity index (χ1) is 4.86. The number of nitrogens with zero attached hydrogens (tertiary/aromatic N) is 2. The summed E-state index contributed by atoms with van der Waals surface area (Å²) < 4.78 is 4.58. The lowest BCUT2D eigenvalue weighted by Crippen LogP contribution is -1.76. The Morgan fingerprint density at radius 1 is 1.90 bits per heavy atom. The first-order valence-corrected chi connectivity index (χ1v) is 2.47. The van der Waals surface area contributed by atoms with Crippen LogP contribution < -0.4 is 0 Å². The van der Waals surface area contributed by atoms with Gasteiger partial charge in [-0.2, -0.15) is 0 Å². The smallest absolute Gasteiger partial charge is 0.210 e. The minimum Gasteiger partial charge on any atom is -0.411 e. The van der Waals surface area contributed by atoms with Crippen LogP contribution in [0.1, 0.15) is 11.5 Å². The molecule has 0 fully saturated rings. The van der Waals surface area contributed by atoms with E-state index in [-0.39, 0.29) is 0 Å². The second kappa shape index (κ2) is 2.69. The summed E-state index contributed by atoms with van der Waals surface area (Å²) in [5.41, 5.74) is 0.399. The Hall–Kier alpha value is -1.76. The fourth-order valence-corrected chi connectivity index (χ4v) is 0.477. The van der Waals surface area contributed by atoms with Crippen molar-refractivity contribution in [1.82, 2.24) is 5.16 Å². The summed E-state index contributed by atoms with van der Waals surface area (Å²) in [7, 11) is 0. The zero-order valence-electron chi connectivity index (χ0n) is 4.98. The highest BCUT2D eigenvalue weighted by Gasteiger charge is 1.96. The van der Waals surface area contributed by atoms with Crippen LogP contribution in [0.4, 0.5) is 0 Å². The third kappa shape index (κ3) is 1.14. The third-order valence-electron chi connectivity index (χ3n) is 0.861. The molecule has 0 aliphatic carbocycles. The molecule has 4 nitrogen and oxygen atoms in total. The maximum atomic E-state index is 8.04. The van der Waals surface area contributed by atoms with E-state index in [9.17, 15) is 0 Å². The molecule has 0 unspecified atom stereocenters. The quantitative estimate of drug-likeness (QED) is 0.264. The molecular weight excluding hydrogens is 132 g/mol. The summed E-state index contributed by atoms with van der Waals surface area (Å²) in [6.45, 7) is 0. The van der Waals surface area contributed by atoms with E-state index >= 15 is 0 Å². The molecule has 0 radical (unpaired) electrons. The molecule has 4 heteroatoms. The second-order valence-corrected chi connectivity index (χ2v) is 1.50. The predicted molar refractivity (Wildman–Crippen MR) is 33.8 cm³/mol. The van der Waals surface area contributed by atoms with E-state index < -0.39 is 0 Å². The molecule has 1 rings (SSSR count). The van der Waals surface area contributed by atoms with Gasteiger partial charge in [-0.3, -0.25) is 0 Å². The highest BCUT2D eigenvalue weighted by atomic mass is 16.5. The Morgan fingerprint density at radius 3 is 3.20 bits per heavy atom. The van der Waals surface area contributed by atoms with E-state index in [0.717, 1.165) is 6.21 Å².